The summed E-state index contributed by atoms with van der Waals surface area (Å²) in [4.78, 5) is 0. The Morgan fingerprint density at radius 2 is 1.63 bits per heavy atom. The van der Waals surface area contributed by atoms with Crippen LogP contribution in [0.3, 0.4) is 0 Å². The van der Waals surface area contributed by atoms with Crippen LogP contribution in [0.1, 0.15) is 24.1 Å². The van der Waals surface area contributed by atoms with Crippen molar-refractivity contribution in [2.75, 3.05) is 0 Å². The second-order valence-corrected chi connectivity index (χ2v) is 6.19. The molecule has 0 aliphatic carbocycles. The Bertz CT molecular complexity index is 597. The van der Waals surface area contributed by atoms with Crippen LogP contribution in [0.5, 0.6) is 11.5 Å². The Balaban J connectivity index is 2.24. The summed E-state index contributed by atoms with van der Waals surface area (Å²) in [6.07, 6.45) is 0. The summed E-state index contributed by atoms with van der Waals surface area (Å²) in [7, 11) is 0. The quantitative estimate of drug-likeness (QED) is 0.775. The van der Waals surface area contributed by atoms with Gasteiger partial charge in [-0.05, 0) is 55.3 Å². The minimum atomic E-state index is -0.00153. The summed E-state index contributed by atoms with van der Waals surface area (Å²) in [6, 6.07) is 11.8. The molecule has 0 aliphatic rings. The van der Waals surface area contributed by atoms with Gasteiger partial charge in [0.1, 0.15) is 11.5 Å². The van der Waals surface area contributed by atoms with E-state index in [1.807, 2.05) is 50.2 Å². The van der Waals surface area contributed by atoms with E-state index in [9.17, 15) is 0 Å². The van der Waals surface area contributed by atoms with E-state index in [1.165, 1.54) is 0 Å². The fourth-order valence-electron chi connectivity index (χ4n) is 1.76. The van der Waals surface area contributed by atoms with Crippen LogP contribution < -0.4 is 10.5 Å². The molecule has 1 atom stereocenters. The fourth-order valence-corrected chi connectivity index (χ4v) is 2.72. The highest BCUT2D eigenvalue weighted by Crippen LogP contribution is 2.30. The average molecular weight is 385 g/mol. The number of nitrogens with two attached hydrogens (primary N) is 1. The standard InChI is InChI=1S/C15H15Br2NO/c1-9-7-11(4-6-14(9)16)19-12-3-5-13(10(2)18)15(17)8-12/h3-8,10H,18H2,1-2H3/t10-/m1/s1. The summed E-state index contributed by atoms with van der Waals surface area (Å²) in [5, 5.41) is 0. The number of benzene rings is 2. The van der Waals surface area contributed by atoms with E-state index in [0.29, 0.717) is 0 Å². The molecule has 0 radical (unpaired) electrons. The van der Waals surface area contributed by atoms with Gasteiger partial charge >= 0.3 is 0 Å². The van der Waals surface area contributed by atoms with Crippen molar-refractivity contribution >= 4 is 31.9 Å². The highest BCUT2D eigenvalue weighted by molar-refractivity contribution is 9.10. The minimum absolute atomic E-state index is 0.00153. The zero-order valence-corrected chi connectivity index (χ0v) is 14.0. The van der Waals surface area contributed by atoms with Gasteiger partial charge < -0.3 is 10.5 Å². The van der Waals surface area contributed by atoms with Gasteiger partial charge in [-0.15, -0.1) is 0 Å². The molecule has 2 aromatic rings. The Labute approximate surface area is 130 Å². The van der Waals surface area contributed by atoms with Crippen LogP contribution in [0.25, 0.3) is 0 Å². The second kappa shape index (κ2) is 6.07. The predicted molar refractivity (Wildman–Crippen MR) is 85.7 cm³/mol. The lowest BCUT2D eigenvalue weighted by atomic mass is 10.1. The van der Waals surface area contributed by atoms with Crippen molar-refractivity contribution in [3.63, 3.8) is 0 Å². The van der Waals surface area contributed by atoms with Gasteiger partial charge in [-0.3, -0.25) is 0 Å². The molecule has 2 aromatic carbocycles. The number of aryl methyl sites for hydroxylation is 1. The van der Waals surface area contributed by atoms with Crippen LogP contribution >= 0.6 is 31.9 Å². The first kappa shape index (κ1) is 14.6. The normalized spacial score (nSPS) is 12.3. The van der Waals surface area contributed by atoms with Crippen molar-refractivity contribution in [3.05, 3.63) is 56.5 Å². The van der Waals surface area contributed by atoms with E-state index in [2.05, 4.69) is 31.9 Å². The number of hydrogen-bond acceptors (Lipinski definition) is 2. The van der Waals surface area contributed by atoms with E-state index in [4.69, 9.17) is 10.5 Å². The largest absolute Gasteiger partial charge is 0.457 e. The van der Waals surface area contributed by atoms with Crippen molar-refractivity contribution in [2.24, 2.45) is 5.73 Å². The third-order valence-electron chi connectivity index (χ3n) is 2.83. The first-order chi connectivity index (χ1) is 8.97. The Morgan fingerprint density at radius 1 is 1.00 bits per heavy atom. The van der Waals surface area contributed by atoms with Gasteiger partial charge in [0, 0.05) is 15.0 Å². The lowest BCUT2D eigenvalue weighted by Gasteiger charge is -2.12. The summed E-state index contributed by atoms with van der Waals surface area (Å²) in [5.74, 6) is 1.61. The van der Waals surface area contributed by atoms with Crippen LogP contribution in [0.2, 0.25) is 0 Å². The lowest BCUT2D eigenvalue weighted by molar-refractivity contribution is 0.481. The third-order valence-corrected chi connectivity index (χ3v) is 4.40. The smallest absolute Gasteiger partial charge is 0.128 e. The van der Waals surface area contributed by atoms with Crippen LogP contribution in [-0.2, 0) is 0 Å². The van der Waals surface area contributed by atoms with Gasteiger partial charge in [-0.25, -0.2) is 0 Å². The predicted octanol–water partition coefficient (Wildman–Crippen LogP) is 5.33. The highest BCUT2D eigenvalue weighted by Gasteiger charge is 2.07. The summed E-state index contributed by atoms with van der Waals surface area (Å²) < 4.78 is 7.88. The molecule has 2 rings (SSSR count). The number of rotatable bonds is 3. The molecule has 0 unspecified atom stereocenters. The molecule has 0 aromatic heterocycles. The number of hydrogen-bond donors (Lipinski definition) is 1. The molecular formula is C15H15Br2NO. The fraction of sp³-hybridized carbons (Fsp3) is 0.200. The average Bonchev–Trinajstić information content (AvgIpc) is 2.33. The summed E-state index contributed by atoms with van der Waals surface area (Å²) in [5.41, 5.74) is 8.09. The second-order valence-electron chi connectivity index (χ2n) is 4.49. The van der Waals surface area contributed by atoms with Crippen molar-refractivity contribution in [2.45, 2.75) is 19.9 Å². The van der Waals surface area contributed by atoms with Crippen LogP contribution in [-0.4, -0.2) is 0 Å². The van der Waals surface area contributed by atoms with Gasteiger partial charge in [0.15, 0.2) is 0 Å². The molecule has 100 valence electrons. The molecule has 0 fully saturated rings. The van der Waals surface area contributed by atoms with Gasteiger partial charge in [0.2, 0.25) is 0 Å². The van der Waals surface area contributed by atoms with E-state index < -0.39 is 0 Å². The third kappa shape index (κ3) is 3.59. The molecule has 0 bridgehead atoms. The van der Waals surface area contributed by atoms with E-state index in [0.717, 1.165) is 31.6 Å². The monoisotopic (exact) mass is 383 g/mol. The molecule has 2 N–H and O–H groups in total. The molecule has 0 amide bonds. The molecule has 19 heavy (non-hydrogen) atoms. The minimum Gasteiger partial charge on any atom is -0.457 e. The SMILES string of the molecule is Cc1cc(Oc2ccc([C@@H](C)N)c(Br)c2)ccc1Br. The van der Waals surface area contributed by atoms with Crippen LogP contribution in [0, 0.1) is 6.92 Å². The topological polar surface area (TPSA) is 35.2 Å². The van der Waals surface area contributed by atoms with Crippen molar-refractivity contribution < 1.29 is 4.74 Å². The van der Waals surface area contributed by atoms with Crippen molar-refractivity contribution in [1.29, 1.82) is 0 Å². The zero-order valence-electron chi connectivity index (χ0n) is 10.8. The number of ether oxygens (including phenoxy) is 1. The molecule has 0 spiro atoms. The zero-order chi connectivity index (χ0) is 14.0. The lowest BCUT2D eigenvalue weighted by Crippen LogP contribution is -2.05. The molecule has 0 aliphatic heterocycles. The van der Waals surface area contributed by atoms with Gasteiger partial charge in [0.05, 0.1) is 0 Å². The maximum Gasteiger partial charge on any atom is 0.128 e. The Morgan fingerprint density at radius 3 is 2.21 bits per heavy atom. The molecule has 4 heteroatoms. The van der Waals surface area contributed by atoms with Crippen LogP contribution in [0.15, 0.2) is 45.3 Å². The van der Waals surface area contributed by atoms with Gasteiger partial charge in [-0.1, -0.05) is 37.9 Å². The molecule has 0 saturated heterocycles. The van der Waals surface area contributed by atoms with Crippen LogP contribution in [0.4, 0.5) is 0 Å². The summed E-state index contributed by atoms with van der Waals surface area (Å²) >= 11 is 6.99. The maximum atomic E-state index is 5.88. The van der Waals surface area contributed by atoms with Gasteiger partial charge in [0.25, 0.3) is 0 Å². The highest BCUT2D eigenvalue weighted by atomic mass is 79.9. The van der Waals surface area contributed by atoms with Crippen molar-refractivity contribution in [3.8, 4) is 11.5 Å². The first-order valence-electron chi connectivity index (χ1n) is 5.96. The van der Waals surface area contributed by atoms with E-state index >= 15 is 0 Å². The van der Waals surface area contributed by atoms with E-state index in [1.54, 1.807) is 0 Å². The Hall–Kier alpha value is -0.840. The van der Waals surface area contributed by atoms with Crippen molar-refractivity contribution in [1.82, 2.24) is 0 Å². The maximum absolute atomic E-state index is 5.88. The molecular weight excluding hydrogens is 370 g/mol. The molecule has 0 saturated carbocycles. The number of halogens is 2. The first-order valence-corrected chi connectivity index (χ1v) is 7.55. The Kier molecular flexibility index (Phi) is 4.66. The molecule has 0 heterocycles. The molecule has 2 nitrogen and oxygen atoms in total. The van der Waals surface area contributed by atoms with E-state index in [-0.39, 0.29) is 6.04 Å². The summed E-state index contributed by atoms with van der Waals surface area (Å²) in [6.45, 7) is 3.99. The van der Waals surface area contributed by atoms with Gasteiger partial charge in [-0.2, -0.15) is 0 Å².